The number of esters is 1. The van der Waals surface area contributed by atoms with Crippen molar-refractivity contribution in [1.29, 1.82) is 0 Å². The second-order valence-electron chi connectivity index (χ2n) is 7.27. The molecule has 0 radical (unpaired) electrons. The highest BCUT2D eigenvalue weighted by atomic mass is 16.5. The number of carbonyl (C=O) groups is 2. The molecule has 0 bridgehead atoms. The molecule has 1 aliphatic heterocycles. The summed E-state index contributed by atoms with van der Waals surface area (Å²) in [6.07, 6.45) is 0.373. The predicted molar refractivity (Wildman–Crippen MR) is 107 cm³/mol. The van der Waals surface area contributed by atoms with Crippen LogP contribution in [0.2, 0.25) is 0 Å². The highest BCUT2D eigenvalue weighted by molar-refractivity contribution is 5.98. The molecule has 0 saturated carbocycles. The van der Waals surface area contributed by atoms with Crippen molar-refractivity contribution in [2.75, 3.05) is 18.6 Å². The van der Waals surface area contributed by atoms with E-state index in [1.807, 2.05) is 65.8 Å². The number of aryl methyl sites for hydroxylation is 2. The van der Waals surface area contributed by atoms with E-state index in [0.717, 1.165) is 33.7 Å². The lowest BCUT2D eigenvalue weighted by molar-refractivity contribution is -0.141. The molecule has 1 fully saturated rings. The molecule has 2 aromatic carbocycles. The first-order chi connectivity index (χ1) is 13.5. The van der Waals surface area contributed by atoms with Gasteiger partial charge in [-0.05, 0) is 37.1 Å². The zero-order chi connectivity index (χ0) is 19.8. The first kappa shape index (κ1) is 18.2. The van der Waals surface area contributed by atoms with Gasteiger partial charge in [-0.1, -0.05) is 30.3 Å². The summed E-state index contributed by atoms with van der Waals surface area (Å²) < 4.78 is 6.75. The Kier molecular flexibility index (Phi) is 4.63. The topological polar surface area (TPSA) is 64.4 Å². The fourth-order valence-electron chi connectivity index (χ4n) is 4.09. The van der Waals surface area contributed by atoms with Crippen molar-refractivity contribution in [1.82, 2.24) is 9.55 Å². The number of amides is 1. The molecule has 4 rings (SSSR count). The van der Waals surface area contributed by atoms with Gasteiger partial charge >= 0.3 is 5.97 Å². The molecule has 1 aromatic heterocycles. The normalized spacial score (nSPS) is 16.8. The van der Waals surface area contributed by atoms with E-state index in [0.29, 0.717) is 13.0 Å². The largest absolute Gasteiger partial charge is 0.468 e. The van der Waals surface area contributed by atoms with Crippen LogP contribution in [0.4, 0.5) is 5.69 Å². The van der Waals surface area contributed by atoms with E-state index < -0.39 is 0 Å². The molecular formula is C22H23N3O3. The zero-order valence-electron chi connectivity index (χ0n) is 16.3. The fourth-order valence-corrected chi connectivity index (χ4v) is 4.09. The van der Waals surface area contributed by atoms with Crippen LogP contribution < -0.4 is 4.90 Å². The number of rotatable bonds is 4. The Morgan fingerprint density at radius 3 is 2.57 bits per heavy atom. The molecule has 1 amide bonds. The quantitative estimate of drug-likeness (QED) is 0.654. The molecule has 1 atom stereocenters. The number of ether oxygens (including phenoxy) is 1. The summed E-state index contributed by atoms with van der Waals surface area (Å²) in [5, 5.41) is 0. The van der Waals surface area contributed by atoms with Gasteiger partial charge in [0.2, 0.25) is 5.91 Å². The molecule has 28 heavy (non-hydrogen) atoms. The summed E-state index contributed by atoms with van der Waals surface area (Å²) in [6, 6.07) is 13.8. The minimum absolute atomic E-state index is 0.0800. The number of hydrogen-bond donors (Lipinski definition) is 0. The summed E-state index contributed by atoms with van der Waals surface area (Å²) in [6.45, 7) is 4.68. The first-order valence-electron chi connectivity index (χ1n) is 9.38. The van der Waals surface area contributed by atoms with Crippen molar-refractivity contribution in [2.45, 2.75) is 32.7 Å². The fraction of sp³-hybridized carbons (Fsp3) is 0.318. The van der Waals surface area contributed by atoms with E-state index in [1.54, 1.807) is 0 Å². The van der Waals surface area contributed by atoms with Gasteiger partial charge in [-0.2, -0.15) is 0 Å². The Labute approximate surface area is 163 Å². The summed E-state index contributed by atoms with van der Waals surface area (Å²) >= 11 is 0. The Morgan fingerprint density at radius 1 is 1.14 bits per heavy atom. The molecule has 6 heteroatoms. The van der Waals surface area contributed by atoms with E-state index in [-0.39, 0.29) is 24.3 Å². The molecule has 6 nitrogen and oxygen atoms in total. The van der Waals surface area contributed by atoms with Crippen LogP contribution in [-0.2, 0) is 20.9 Å². The Hall–Kier alpha value is -3.15. The molecule has 1 saturated heterocycles. The van der Waals surface area contributed by atoms with E-state index in [4.69, 9.17) is 9.72 Å². The third-order valence-corrected chi connectivity index (χ3v) is 5.40. The standard InChI is InChI=1S/C22H23N3O3/c1-14-7-6-8-15(2)21(14)25-12-16(11-19(25)26)22-23-17-9-4-5-10-18(17)24(22)13-20(27)28-3/h4-10,16H,11-13H2,1-3H3/t16-/m1/s1. The van der Waals surface area contributed by atoms with Gasteiger partial charge in [0, 0.05) is 24.6 Å². The van der Waals surface area contributed by atoms with Crippen LogP contribution >= 0.6 is 0 Å². The van der Waals surface area contributed by atoms with Gasteiger partial charge in [0.15, 0.2) is 0 Å². The molecular weight excluding hydrogens is 354 g/mol. The third kappa shape index (κ3) is 3.05. The van der Waals surface area contributed by atoms with Crippen LogP contribution in [0.3, 0.4) is 0 Å². The van der Waals surface area contributed by atoms with Crippen LogP contribution in [0.5, 0.6) is 0 Å². The number of imidazole rings is 1. The molecule has 0 unspecified atom stereocenters. The number of benzene rings is 2. The van der Waals surface area contributed by atoms with Crippen molar-refractivity contribution in [3.63, 3.8) is 0 Å². The predicted octanol–water partition coefficient (Wildman–Crippen LogP) is 3.35. The number of anilines is 1. The zero-order valence-corrected chi connectivity index (χ0v) is 16.3. The highest BCUT2D eigenvalue weighted by Gasteiger charge is 2.36. The van der Waals surface area contributed by atoms with Crippen LogP contribution in [0.1, 0.15) is 29.3 Å². The van der Waals surface area contributed by atoms with Crippen molar-refractivity contribution < 1.29 is 14.3 Å². The van der Waals surface area contributed by atoms with Gasteiger partial charge in [-0.3, -0.25) is 9.59 Å². The second kappa shape index (κ2) is 7.11. The smallest absolute Gasteiger partial charge is 0.325 e. The number of hydrogen-bond acceptors (Lipinski definition) is 4. The van der Waals surface area contributed by atoms with Crippen molar-refractivity contribution in [3.8, 4) is 0 Å². The third-order valence-electron chi connectivity index (χ3n) is 5.40. The molecule has 0 aliphatic carbocycles. The SMILES string of the molecule is COC(=O)Cn1c([C@@H]2CC(=O)N(c3c(C)cccc3C)C2)nc2ccccc21. The summed E-state index contributed by atoms with van der Waals surface area (Å²) in [4.78, 5) is 31.5. The summed E-state index contributed by atoms with van der Waals surface area (Å²) in [5.41, 5.74) is 4.83. The number of methoxy groups -OCH3 is 1. The van der Waals surface area contributed by atoms with Gasteiger partial charge in [-0.15, -0.1) is 0 Å². The van der Waals surface area contributed by atoms with Gasteiger partial charge in [0.05, 0.1) is 18.1 Å². The maximum atomic E-state index is 12.9. The van der Waals surface area contributed by atoms with E-state index in [2.05, 4.69) is 0 Å². The number of aromatic nitrogens is 2. The van der Waals surface area contributed by atoms with E-state index >= 15 is 0 Å². The van der Waals surface area contributed by atoms with Gasteiger partial charge in [0.25, 0.3) is 0 Å². The maximum Gasteiger partial charge on any atom is 0.325 e. The lowest BCUT2D eigenvalue weighted by atomic mass is 10.1. The first-order valence-corrected chi connectivity index (χ1v) is 9.38. The monoisotopic (exact) mass is 377 g/mol. The molecule has 0 spiro atoms. The Morgan fingerprint density at radius 2 is 1.86 bits per heavy atom. The molecule has 2 heterocycles. The average Bonchev–Trinajstić information content (AvgIpc) is 3.23. The summed E-state index contributed by atoms with van der Waals surface area (Å²) in [5.74, 6) is 0.427. The maximum absolute atomic E-state index is 12.9. The van der Waals surface area contributed by atoms with E-state index in [1.165, 1.54) is 7.11 Å². The number of para-hydroxylation sites is 3. The van der Waals surface area contributed by atoms with Crippen molar-refractivity contribution >= 4 is 28.6 Å². The number of carbonyl (C=O) groups excluding carboxylic acids is 2. The van der Waals surface area contributed by atoms with Crippen LogP contribution in [-0.4, -0.2) is 35.1 Å². The lowest BCUT2D eigenvalue weighted by Gasteiger charge is -2.21. The highest BCUT2D eigenvalue weighted by Crippen LogP contribution is 2.35. The lowest BCUT2D eigenvalue weighted by Crippen LogP contribution is -2.26. The molecule has 1 aliphatic rings. The van der Waals surface area contributed by atoms with Crippen molar-refractivity contribution in [3.05, 3.63) is 59.4 Å². The van der Waals surface area contributed by atoms with Crippen molar-refractivity contribution in [2.24, 2.45) is 0 Å². The Balaban J connectivity index is 1.74. The second-order valence-corrected chi connectivity index (χ2v) is 7.27. The van der Waals surface area contributed by atoms with Crippen LogP contribution in [0, 0.1) is 13.8 Å². The minimum atomic E-state index is -0.333. The minimum Gasteiger partial charge on any atom is -0.468 e. The molecule has 144 valence electrons. The van der Waals surface area contributed by atoms with Gasteiger partial charge in [0.1, 0.15) is 12.4 Å². The summed E-state index contributed by atoms with van der Waals surface area (Å²) in [7, 11) is 1.38. The molecule has 0 N–H and O–H groups in total. The average molecular weight is 377 g/mol. The van der Waals surface area contributed by atoms with Crippen LogP contribution in [0.25, 0.3) is 11.0 Å². The Bertz CT molecular complexity index is 1050. The number of nitrogens with zero attached hydrogens (tertiary/aromatic N) is 3. The number of fused-ring (bicyclic) bond motifs is 1. The van der Waals surface area contributed by atoms with Crippen LogP contribution in [0.15, 0.2) is 42.5 Å². The van der Waals surface area contributed by atoms with E-state index in [9.17, 15) is 9.59 Å². The van der Waals surface area contributed by atoms with Gasteiger partial charge in [-0.25, -0.2) is 4.98 Å². The van der Waals surface area contributed by atoms with Gasteiger partial charge < -0.3 is 14.2 Å². The molecule has 3 aromatic rings.